The SMILES string of the molecule is CN1CCN(c2nc(Cl)ncc2N)c2ccccc21. The van der Waals surface area contributed by atoms with Gasteiger partial charge in [-0.3, -0.25) is 0 Å². The molecule has 1 aliphatic rings. The number of aromatic nitrogens is 2. The van der Waals surface area contributed by atoms with Gasteiger partial charge in [-0.1, -0.05) is 12.1 Å². The molecule has 0 aliphatic carbocycles. The maximum atomic E-state index is 5.97. The van der Waals surface area contributed by atoms with Crippen LogP contribution >= 0.6 is 11.6 Å². The summed E-state index contributed by atoms with van der Waals surface area (Å²) in [6.07, 6.45) is 1.55. The van der Waals surface area contributed by atoms with Gasteiger partial charge >= 0.3 is 0 Å². The molecule has 98 valence electrons. The monoisotopic (exact) mass is 275 g/mol. The first-order valence-corrected chi connectivity index (χ1v) is 6.40. The molecule has 0 radical (unpaired) electrons. The number of fused-ring (bicyclic) bond motifs is 1. The van der Waals surface area contributed by atoms with Crippen molar-refractivity contribution in [1.29, 1.82) is 0 Å². The van der Waals surface area contributed by atoms with Crippen LogP contribution in [0.1, 0.15) is 0 Å². The van der Waals surface area contributed by atoms with E-state index in [1.165, 1.54) is 0 Å². The summed E-state index contributed by atoms with van der Waals surface area (Å²) in [5.41, 5.74) is 8.74. The Balaban J connectivity index is 2.12. The minimum atomic E-state index is 0.209. The molecule has 5 nitrogen and oxygen atoms in total. The van der Waals surface area contributed by atoms with Crippen molar-refractivity contribution in [3.05, 3.63) is 35.7 Å². The second-order valence-electron chi connectivity index (χ2n) is 4.48. The van der Waals surface area contributed by atoms with Gasteiger partial charge in [0.1, 0.15) is 0 Å². The van der Waals surface area contributed by atoms with Gasteiger partial charge in [-0.25, -0.2) is 4.98 Å². The zero-order valence-corrected chi connectivity index (χ0v) is 11.3. The van der Waals surface area contributed by atoms with E-state index in [1.807, 2.05) is 12.1 Å². The molecular weight excluding hydrogens is 262 g/mol. The van der Waals surface area contributed by atoms with Crippen LogP contribution in [-0.4, -0.2) is 30.1 Å². The second-order valence-corrected chi connectivity index (χ2v) is 4.82. The fraction of sp³-hybridized carbons (Fsp3) is 0.231. The van der Waals surface area contributed by atoms with Gasteiger partial charge in [-0.05, 0) is 23.7 Å². The zero-order chi connectivity index (χ0) is 13.4. The van der Waals surface area contributed by atoms with Crippen LogP contribution in [0.25, 0.3) is 0 Å². The Morgan fingerprint density at radius 2 is 1.95 bits per heavy atom. The van der Waals surface area contributed by atoms with E-state index in [9.17, 15) is 0 Å². The van der Waals surface area contributed by atoms with Crippen molar-refractivity contribution < 1.29 is 0 Å². The van der Waals surface area contributed by atoms with Gasteiger partial charge in [0.2, 0.25) is 5.28 Å². The summed E-state index contributed by atoms with van der Waals surface area (Å²) in [5, 5.41) is 0.209. The van der Waals surface area contributed by atoms with E-state index in [1.54, 1.807) is 6.20 Å². The number of nitrogens with zero attached hydrogens (tertiary/aromatic N) is 4. The molecule has 0 saturated carbocycles. The Morgan fingerprint density at radius 1 is 1.21 bits per heavy atom. The second kappa shape index (κ2) is 4.59. The molecular formula is C13H14ClN5. The Labute approximate surface area is 116 Å². The topological polar surface area (TPSA) is 58.3 Å². The molecule has 1 aliphatic heterocycles. The number of benzene rings is 1. The van der Waals surface area contributed by atoms with Crippen LogP contribution in [-0.2, 0) is 0 Å². The van der Waals surface area contributed by atoms with Gasteiger partial charge in [0, 0.05) is 20.1 Å². The third-order valence-corrected chi connectivity index (χ3v) is 3.45. The first-order chi connectivity index (χ1) is 9.16. The summed E-state index contributed by atoms with van der Waals surface area (Å²) >= 11 is 5.88. The van der Waals surface area contributed by atoms with Gasteiger partial charge in [0.15, 0.2) is 5.82 Å². The van der Waals surface area contributed by atoms with Crippen LogP contribution in [0.3, 0.4) is 0 Å². The molecule has 0 amide bonds. The van der Waals surface area contributed by atoms with Crippen LogP contribution in [0.2, 0.25) is 5.28 Å². The molecule has 3 rings (SSSR count). The molecule has 0 atom stereocenters. The molecule has 1 aromatic carbocycles. The third-order valence-electron chi connectivity index (χ3n) is 3.26. The summed E-state index contributed by atoms with van der Waals surface area (Å²) in [6.45, 7) is 1.71. The molecule has 1 aromatic heterocycles. The first kappa shape index (κ1) is 12.0. The van der Waals surface area contributed by atoms with Crippen LogP contribution in [0.5, 0.6) is 0 Å². The molecule has 0 bridgehead atoms. The van der Waals surface area contributed by atoms with Gasteiger partial charge in [-0.15, -0.1) is 0 Å². The fourth-order valence-electron chi connectivity index (χ4n) is 2.30. The Bertz CT molecular complexity index is 616. The van der Waals surface area contributed by atoms with Gasteiger partial charge in [0.05, 0.1) is 23.3 Å². The number of nitrogens with two attached hydrogens (primary N) is 1. The highest BCUT2D eigenvalue weighted by molar-refractivity contribution is 6.28. The highest BCUT2D eigenvalue weighted by atomic mass is 35.5. The number of halogens is 1. The molecule has 2 N–H and O–H groups in total. The largest absolute Gasteiger partial charge is 0.394 e. The lowest BCUT2D eigenvalue weighted by Gasteiger charge is -2.36. The highest BCUT2D eigenvalue weighted by Gasteiger charge is 2.23. The van der Waals surface area contributed by atoms with Crippen molar-refractivity contribution in [3.8, 4) is 0 Å². The van der Waals surface area contributed by atoms with E-state index in [0.29, 0.717) is 11.5 Å². The molecule has 6 heteroatoms. The van der Waals surface area contributed by atoms with E-state index < -0.39 is 0 Å². The van der Waals surface area contributed by atoms with Gasteiger partial charge in [-0.2, -0.15) is 4.98 Å². The van der Waals surface area contributed by atoms with Crippen molar-refractivity contribution >= 4 is 34.5 Å². The van der Waals surface area contributed by atoms with E-state index in [0.717, 1.165) is 24.5 Å². The number of hydrogen-bond donors (Lipinski definition) is 1. The normalized spacial score (nSPS) is 14.4. The van der Waals surface area contributed by atoms with E-state index >= 15 is 0 Å². The fourth-order valence-corrected chi connectivity index (χ4v) is 2.43. The summed E-state index contributed by atoms with van der Waals surface area (Å²) in [5.74, 6) is 0.667. The first-order valence-electron chi connectivity index (χ1n) is 6.02. The predicted molar refractivity (Wildman–Crippen MR) is 78.2 cm³/mol. The molecule has 2 heterocycles. The maximum Gasteiger partial charge on any atom is 0.224 e. The lowest BCUT2D eigenvalue weighted by atomic mass is 10.1. The summed E-state index contributed by atoms with van der Waals surface area (Å²) in [4.78, 5) is 12.4. The third kappa shape index (κ3) is 2.06. The van der Waals surface area contributed by atoms with E-state index in [-0.39, 0.29) is 5.28 Å². The minimum Gasteiger partial charge on any atom is -0.394 e. The average molecular weight is 276 g/mol. The smallest absolute Gasteiger partial charge is 0.224 e. The van der Waals surface area contributed by atoms with Crippen LogP contribution in [0, 0.1) is 0 Å². The number of nitrogen functional groups attached to an aromatic ring is 1. The van der Waals surface area contributed by atoms with Crippen molar-refractivity contribution in [2.75, 3.05) is 35.7 Å². The summed E-state index contributed by atoms with van der Waals surface area (Å²) in [7, 11) is 2.08. The Hall–Kier alpha value is -2.01. The van der Waals surface area contributed by atoms with Crippen molar-refractivity contribution in [2.45, 2.75) is 0 Å². The Kier molecular flexibility index (Phi) is 2.91. The minimum absolute atomic E-state index is 0.209. The van der Waals surface area contributed by atoms with Crippen molar-refractivity contribution in [3.63, 3.8) is 0 Å². The molecule has 0 unspecified atom stereocenters. The van der Waals surface area contributed by atoms with Crippen LogP contribution in [0.4, 0.5) is 22.9 Å². The van der Waals surface area contributed by atoms with Crippen LogP contribution < -0.4 is 15.5 Å². The number of anilines is 4. The molecule has 19 heavy (non-hydrogen) atoms. The molecule has 0 fully saturated rings. The van der Waals surface area contributed by atoms with Gasteiger partial charge in [0.25, 0.3) is 0 Å². The van der Waals surface area contributed by atoms with Crippen molar-refractivity contribution in [2.24, 2.45) is 0 Å². The summed E-state index contributed by atoms with van der Waals surface area (Å²) < 4.78 is 0. The lowest BCUT2D eigenvalue weighted by Crippen LogP contribution is -2.37. The van der Waals surface area contributed by atoms with E-state index in [2.05, 4.69) is 38.9 Å². The molecule has 0 spiro atoms. The number of hydrogen-bond acceptors (Lipinski definition) is 5. The summed E-state index contributed by atoms with van der Waals surface area (Å²) in [6, 6.07) is 8.17. The number of likely N-dealkylation sites (N-methyl/N-ethyl adjacent to an activating group) is 1. The van der Waals surface area contributed by atoms with Crippen LogP contribution in [0.15, 0.2) is 30.5 Å². The molecule has 0 saturated heterocycles. The van der Waals surface area contributed by atoms with Crippen molar-refractivity contribution in [1.82, 2.24) is 9.97 Å². The highest BCUT2D eigenvalue weighted by Crippen LogP contribution is 2.37. The standard InChI is InChI=1S/C13H14ClN5/c1-18-6-7-19(11-5-3-2-4-10(11)18)12-9(15)8-16-13(14)17-12/h2-5,8H,6-7,15H2,1H3. The predicted octanol–water partition coefficient (Wildman–Crippen LogP) is 2.30. The maximum absolute atomic E-state index is 5.97. The number of rotatable bonds is 1. The average Bonchev–Trinajstić information content (AvgIpc) is 2.43. The molecule has 2 aromatic rings. The quantitative estimate of drug-likeness (QED) is 0.810. The zero-order valence-electron chi connectivity index (χ0n) is 10.5. The lowest BCUT2D eigenvalue weighted by molar-refractivity contribution is 0.812. The Morgan fingerprint density at radius 3 is 2.74 bits per heavy atom. The van der Waals surface area contributed by atoms with Gasteiger partial charge < -0.3 is 15.5 Å². The van der Waals surface area contributed by atoms with E-state index in [4.69, 9.17) is 17.3 Å². The number of para-hydroxylation sites is 2.